The molecule has 0 radical (unpaired) electrons. The van der Waals surface area contributed by atoms with E-state index >= 15 is 0 Å². The fourth-order valence-corrected chi connectivity index (χ4v) is 5.20. The van der Waals surface area contributed by atoms with Gasteiger partial charge in [-0.15, -0.1) is 0 Å². The molecule has 2 heterocycles. The molecule has 1 amide bonds. The molecule has 4 bridgehead atoms. The van der Waals surface area contributed by atoms with Crippen LogP contribution in [0.25, 0.3) is 11.3 Å². The third-order valence-electron chi connectivity index (χ3n) is 6.36. The van der Waals surface area contributed by atoms with Gasteiger partial charge in [-0.05, 0) is 49.6 Å². The van der Waals surface area contributed by atoms with Crippen LogP contribution >= 0.6 is 0 Å². The van der Waals surface area contributed by atoms with E-state index in [2.05, 4.69) is 20.0 Å². The standard InChI is InChI=1S/C26H27F3N4O4S/c1-15-7-5-8-16(2)22(15)20-12-21-32-24(31-20)33-38(35,36)19-10-6-9-17(11-19)23(34)30-18(14-37-21)13-25(3,4)26(27,28)29/h5-12,18H,13-14H2,1-4H3,(H,30,34)(H,31,32,33)/t18-/m1/s1. The number of hydrogen-bond donors (Lipinski definition) is 2. The number of alkyl halides is 3. The first-order valence-electron chi connectivity index (χ1n) is 11.8. The summed E-state index contributed by atoms with van der Waals surface area (Å²) in [5.74, 6) is -1.08. The summed E-state index contributed by atoms with van der Waals surface area (Å²) < 4.78 is 75.4. The average Bonchev–Trinajstić information content (AvgIpc) is 2.81. The summed E-state index contributed by atoms with van der Waals surface area (Å²) in [5.41, 5.74) is 0.649. The molecule has 1 aliphatic heterocycles. The van der Waals surface area contributed by atoms with Gasteiger partial charge in [-0.3, -0.25) is 4.79 Å². The Bertz CT molecular complexity index is 1470. The van der Waals surface area contributed by atoms with E-state index in [0.29, 0.717) is 5.69 Å². The van der Waals surface area contributed by atoms with Crippen molar-refractivity contribution in [3.8, 4) is 17.1 Å². The largest absolute Gasteiger partial charge is 0.475 e. The highest BCUT2D eigenvalue weighted by molar-refractivity contribution is 7.92. The Hall–Kier alpha value is -3.67. The summed E-state index contributed by atoms with van der Waals surface area (Å²) in [5, 5.41) is 2.57. The van der Waals surface area contributed by atoms with E-state index in [-0.39, 0.29) is 28.9 Å². The third-order valence-corrected chi connectivity index (χ3v) is 7.69. The minimum Gasteiger partial charge on any atom is -0.475 e. The Morgan fingerprint density at radius 1 is 1.03 bits per heavy atom. The Balaban J connectivity index is 1.84. The number of carbonyl (C=O) groups excluding carboxylic acids is 1. The molecule has 12 heteroatoms. The molecule has 0 unspecified atom stereocenters. The number of ether oxygens (including phenoxy) is 1. The molecule has 0 saturated carbocycles. The van der Waals surface area contributed by atoms with Crippen molar-refractivity contribution >= 4 is 21.9 Å². The first kappa shape index (κ1) is 27.4. The molecule has 8 nitrogen and oxygen atoms in total. The van der Waals surface area contributed by atoms with Crippen molar-refractivity contribution in [3.63, 3.8) is 0 Å². The van der Waals surface area contributed by atoms with Crippen molar-refractivity contribution in [2.45, 2.75) is 51.2 Å². The number of rotatable bonds is 3. The first-order chi connectivity index (χ1) is 17.7. The van der Waals surface area contributed by atoms with Gasteiger partial charge in [0.25, 0.3) is 15.9 Å². The molecule has 38 heavy (non-hydrogen) atoms. The lowest BCUT2D eigenvalue weighted by molar-refractivity contribution is -0.215. The number of carbonyl (C=O) groups is 1. The number of nitrogens with zero attached hydrogens (tertiary/aromatic N) is 2. The highest BCUT2D eigenvalue weighted by Crippen LogP contribution is 2.41. The Kier molecular flexibility index (Phi) is 7.13. The SMILES string of the molecule is Cc1cccc(C)c1-c1cc2nc(n1)NS(=O)(=O)c1cccc(c1)C(=O)N[C@H](CC(C)(C)C(F)(F)F)CO2. The lowest BCUT2D eigenvalue weighted by atomic mass is 9.85. The molecular formula is C26H27F3N4O4S. The second-order valence-corrected chi connectivity index (χ2v) is 11.6. The van der Waals surface area contributed by atoms with Crippen LogP contribution in [0.15, 0.2) is 53.4 Å². The van der Waals surface area contributed by atoms with E-state index in [1.807, 2.05) is 32.0 Å². The summed E-state index contributed by atoms with van der Waals surface area (Å²) in [6.45, 7) is 5.47. The molecular weight excluding hydrogens is 521 g/mol. The van der Waals surface area contributed by atoms with Crippen LogP contribution in [0.5, 0.6) is 5.88 Å². The van der Waals surface area contributed by atoms with E-state index in [4.69, 9.17) is 4.74 Å². The van der Waals surface area contributed by atoms with Gasteiger partial charge in [-0.2, -0.15) is 18.2 Å². The van der Waals surface area contributed by atoms with E-state index in [1.165, 1.54) is 24.3 Å². The molecule has 0 saturated heterocycles. The number of amides is 1. The lowest BCUT2D eigenvalue weighted by Gasteiger charge is -2.32. The molecule has 1 aromatic heterocycles. The maximum atomic E-state index is 13.7. The predicted octanol–water partition coefficient (Wildman–Crippen LogP) is 5.03. The number of hydrogen-bond acceptors (Lipinski definition) is 6. The van der Waals surface area contributed by atoms with Crippen LogP contribution in [0.3, 0.4) is 0 Å². The molecule has 4 rings (SSSR count). The molecule has 2 aromatic carbocycles. The zero-order valence-electron chi connectivity index (χ0n) is 21.2. The molecule has 202 valence electrons. The van der Waals surface area contributed by atoms with Crippen LogP contribution in [-0.4, -0.2) is 43.1 Å². The van der Waals surface area contributed by atoms with Gasteiger partial charge < -0.3 is 10.1 Å². The van der Waals surface area contributed by atoms with Crippen LogP contribution in [0.4, 0.5) is 19.1 Å². The minimum absolute atomic E-state index is 0.0363. The lowest BCUT2D eigenvalue weighted by Crippen LogP contribution is -2.45. The molecule has 1 atom stereocenters. The van der Waals surface area contributed by atoms with Gasteiger partial charge in [-0.25, -0.2) is 18.1 Å². The molecule has 0 aliphatic carbocycles. The van der Waals surface area contributed by atoms with E-state index in [9.17, 15) is 26.4 Å². The van der Waals surface area contributed by atoms with Crippen molar-refractivity contribution in [1.29, 1.82) is 0 Å². The molecule has 0 fully saturated rings. The zero-order valence-corrected chi connectivity index (χ0v) is 22.0. The fraction of sp³-hybridized carbons (Fsp3) is 0.346. The van der Waals surface area contributed by atoms with Gasteiger partial charge in [0.1, 0.15) is 6.61 Å². The molecule has 3 aromatic rings. The number of halogens is 3. The molecule has 0 spiro atoms. The number of sulfonamides is 1. The number of aryl methyl sites for hydroxylation is 2. The first-order valence-corrected chi connectivity index (χ1v) is 13.2. The maximum Gasteiger partial charge on any atom is 0.394 e. The normalized spacial score (nSPS) is 17.7. The summed E-state index contributed by atoms with van der Waals surface area (Å²) >= 11 is 0. The smallest absolute Gasteiger partial charge is 0.394 e. The van der Waals surface area contributed by atoms with Crippen LogP contribution in [0.1, 0.15) is 41.8 Å². The van der Waals surface area contributed by atoms with Gasteiger partial charge in [0.05, 0.1) is 22.0 Å². The number of aromatic nitrogens is 2. The number of anilines is 1. The van der Waals surface area contributed by atoms with Gasteiger partial charge in [0.2, 0.25) is 11.8 Å². The topological polar surface area (TPSA) is 110 Å². The summed E-state index contributed by atoms with van der Waals surface area (Å²) in [4.78, 5) is 21.3. The number of nitrogens with one attached hydrogen (secondary N) is 2. The van der Waals surface area contributed by atoms with Crippen LogP contribution in [0, 0.1) is 19.3 Å². The van der Waals surface area contributed by atoms with Gasteiger partial charge >= 0.3 is 6.18 Å². The predicted molar refractivity (Wildman–Crippen MR) is 135 cm³/mol. The zero-order chi connectivity index (χ0) is 27.9. The van der Waals surface area contributed by atoms with Gasteiger partial charge in [0, 0.05) is 17.2 Å². The maximum absolute atomic E-state index is 13.7. The van der Waals surface area contributed by atoms with E-state index < -0.39 is 40.0 Å². The third kappa shape index (κ3) is 5.74. The van der Waals surface area contributed by atoms with Crippen molar-refractivity contribution in [1.82, 2.24) is 15.3 Å². The number of fused-ring (bicyclic) bond motifs is 4. The van der Waals surface area contributed by atoms with E-state index in [0.717, 1.165) is 36.6 Å². The second kappa shape index (κ2) is 9.90. The second-order valence-electron chi connectivity index (χ2n) is 9.88. The molecule has 1 aliphatic rings. The fourth-order valence-electron chi connectivity index (χ4n) is 4.21. The summed E-state index contributed by atoms with van der Waals surface area (Å²) in [7, 11) is -4.22. The highest BCUT2D eigenvalue weighted by Gasteiger charge is 2.48. The van der Waals surface area contributed by atoms with Crippen molar-refractivity contribution < 1.29 is 31.1 Å². The van der Waals surface area contributed by atoms with Gasteiger partial charge in [0.15, 0.2) is 0 Å². The van der Waals surface area contributed by atoms with Crippen molar-refractivity contribution in [3.05, 3.63) is 65.2 Å². The molecule has 2 N–H and O–H groups in total. The Morgan fingerprint density at radius 3 is 2.34 bits per heavy atom. The van der Waals surface area contributed by atoms with E-state index in [1.54, 1.807) is 0 Å². The quantitative estimate of drug-likeness (QED) is 0.475. The Morgan fingerprint density at radius 2 is 1.68 bits per heavy atom. The van der Waals surface area contributed by atoms with Crippen LogP contribution < -0.4 is 14.8 Å². The van der Waals surface area contributed by atoms with Crippen molar-refractivity contribution in [2.24, 2.45) is 5.41 Å². The average molecular weight is 549 g/mol. The summed E-state index contributed by atoms with van der Waals surface area (Å²) in [6.07, 6.45) is -5.02. The Labute approximate surface area is 218 Å². The monoisotopic (exact) mass is 548 g/mol. The van der Waals surface area contributed by atoms with Crippen LogP contribution in [-0.2, 0) is 10.0 Å². The highest BCUT2D eigenvalue weighted by atomic mass is 32.2. The van der Waals surface area contributed by atoms with Gasteiger partial charge in [-0.1, -0.05) is 38.1 Å². The minimum atomic E-state index is -4.53. The number of benzene rings is 2. The van der Waals surface area contributed by atoms with Crippen LogP contribution in [0.2, 0.25) is 0 Å². The summed E-state index contributed by atoms with van der Waals surface area (Å²) in [6, 6.07) is 11.2. The van der Waals surface area contributed by atoms with Crippen molar-refractivity contribution in [2.75, 3.05) is 11.3 Å².